The van der Waals surface area contributed by atoms with Crippen molar-refractivity contribution in [1.29, 1.82) is 0 Å². The Balaban J connectivity index is 1.58. The lowest BCUT2D eigenvalue weighted by Crippen LogP contribution is -2.41. The Hall–Kier alpha value is -0.800. The molecular formula is C15H24N2O. The average Bonchev–Trinajstić information content (AvgIpc) is 3.00. The Kier molecular flexibility index (Phi) is 3.20. The highest BCUT2D eigenvalue weighted by Crippen LogP contribution is 2.47. The van der Waals surface area contributed by atoms with Crippen LogP contribution >= 0.6 is 0 Å². The number of nitrogens with zero attached hydrogens (tertiary/aromatic N) is 1. The third-order valence-electron chi connectivity index (χ3n) is 5.09. The first-order chi connectivity index (χ1) is 8.65. The number of fused-ring (bicyclic) bond motifs is 2. The molecule has 0 spiro atoms. The summed E-state index contributed by atoms with van der Waals surface area (Å²) in [5, 5.41) is 0. The summed E-state index contributed by atoms with van der Waals surface area (Å²) in [4.78, 5) is 2.41. The minimum atomic E-state index is 0.441. The Morgan fingerprint density at radius 1 is 1.39 bits per heavy atom. The zero-order valence-electron chi connectivity index (χ0n) is 11.4. The van der Waals surface area contributed by atoms with Crippen LogP contribution in [0.2, 0.25) is 0 Å². The Morgan fingerprint density at radius 3 is 2.78 bits per heavy atom. The molecule has 2 saturated carbocycles. The fourth-order valence-corrected chi connectivity index (χ4v) is 4.02. The van der Waals surface area contributed by atoms with Crippen LogP contribution in [-0.2, 0) is 6.54 Å². The normalized spacial score (nSPS) is 34.7. The Bertz CT molecular complexity index is 412. The van der Waals surface area contributed by atoms with E-state index in [1.54, 1.807) is 6.26 Å². The predicted octanol–water partition coefficient (Wildman–Crippen LogP) is 2.39. The van der Waals surface area contributed by atoms with Crippen molar-refractivity contribution in [2.45, 2.75) is 38.8 Å². The third kappa shape index (κ3) is 2.10. The van der Waals surface area contributed by atoms with Gasteiger partial charge in [0.15, 0.2) is 0 Å². The van der Waals surface area contributed by atoms with Gasteiger partial charge in [-0.1, -0.05) is 0 Å². The highest BCUT2D eigenvalue weighted by molar-refractivity contribution is 5.15. The molecule has 1 heterocycles. The molecule has 4 unspecified atom stereocenters. The third-order valence-corrected chi connectivity index (χ3v) is 5.09. The number of nitrogens with two attached hydrogens (primary N) is 1. The quantitative estimate of drug-likeness (QED) is 0.889. The molecule has 0 aliphatic heterocycles. The van der Waals surface area contributed by atoms with Crippen molar-refractivity contribution in [2.24, 2.45) is 23.5 Å². The standard InChI is InChI=1S/C15H24N2O/c1-10-13(5-6-18-10)8-17(2)9-14-11-3-4-12(7-11)15(14)16/h5-6,11-12,14-15H,3-4,7-9,16H2,1-2H3. The van der Waals surface area contributed by atoms with Crippen LogP contribution in [0.5, 0.6) is 0 Å². The zero-order chi connectivity index (χ0) is 12.7. The molecular weight excluding hydrogens is 224 g/mol. The van der Waals surface area contributed by atoms with Crippen molar-refractivity contribution in [2.75, 3.05) is 13.6 Å². The van der Waals surface area contributed by atoms with Crippen molar-refractivity contribution in [1.82, 2.24) is 4.90 Å². The van der Waals surface area contributed by atoms with E-state index in [0.29, 0.717) is 12.0 Å². The second kappa shape index (κ2) is 4.71. The molecule has 3 rings (SSSR count). The van der Waals surface area contributed by atoms with Gasteiger partial charge in [-0.2, -0.15) is 0 Å². The van der Waals surface area contributed by atoms with E-state index < -0.39 is 0 Å². The summed E-state index contributed by atoms with van der Waals surface area (Å²) >= 11 is 0. The summed E-state index contributed by atoms with van der Waals surface area (Å²) in [6.07, 6.45) is 5.93. The van der Waals surface area contributed by atoms with Crippen molar-refractivity contribution >= 4 is 0 Å². The predicted molar refractivity (Wildman–Crippen MR) is 72.1 cm³/mol. The maximum atomic E-state index is 6.37. The van der Waals surface area contributed by atoms with E-state index in [1.807, 2.05) is 6.92 Å². The molecule has 3 nitrogen and oxygen atoms in total. The molecule has 1 aromatic heterocycles. The van der Waals surface area contributed by atoms with Crippen LogP contribution in [0, 0.1) is 24.7 Å². The Morgan fingerprint density at radius 2 is 2.17 bits per heavy atom. The van der Waals surface area contributed by atoms with E-state index >= 15 is 0 Å². The van der Waals surface area contributed by atoms with E-state index in [-0.39, 0.29) is 0 Å². The van der Waals surface area contributed by atoms with Gasteiger partial charge in [0.1, 0.15) is 5.76 Å². The van der Waals surface area contributed by atoms with E-state index in [1.165, 1.54) is 24.8 Å². The maximum Gasteiger partial charge on any atom is 0.105 e. The summed E-state index contributed by atoms with van der Waals surface area (Å²) in [5.74, 6) is 3.45. The molecule has 0 saturated heterocycles. The van der Waals surface area contributed by atoms with E-state index in [2.05, 4.69) is 18.0 Å². The van der Waals surface area contributed by atoms with Crippen LogP contribution in [-0.4, -0.2) is 24.5 Å². The van der Waals surface area contributed by atoms with Gasteiger partial charge in [-0.15, -0.1) is 0 Å². The minimum absolute atomic E-state index is 0.441. The lowest BCUT2D eigenvalue weighted by atomic mass is 9.84. The first-order valence-electron chi connectivity index (χ1n) is 7.12. The molecule has 0 amide bonds. The van der Waals surface area contributed by atoms with Gasteiger partial charge in [-0.05, 0) is 57.1 Å². The van der Waals surface area contributed by atoms with Crippen LogP contribution in [0.1, 0.15) is 30.6 Å². The van der Waals surface area contributed by atoms with Gasteiger partial charge in [0.25, 0.3) is 0 Å². The average molecular weight is 248 g/mol. The van der Waals surface area contributed by atoms with E-state index in [4.69, 9.17) is 10.2 Å². The first-order valence-corrected chi connectivity index (χ1v) is 7.12. The van der Waals surface area contributed by atoms with Gasteiger partial charge in [-0.3, -0.25) is 0 Å². The highest BCUT2D eigenvalue weighted by Gasteiger charge is 2.45. The molecule has 0 aromatic carbocycles. The molecule has 1 aromatic rings. The van der Waals surface area contributed by atoms with Crippen LogP contribution in [0.4, 0.5) is 0 Å². The molecule has 3 heteroatoms. The number of hydrogen-bond donors (Lipinski definition) is 1. The van der Waals surface area contributed by atoms with Crippen LogP contribution < -0.4 is 5.73 Å². The van der Waals surface area contributed by atoms with Gasteiger partial charge in [-0.25, -0.2) is 0 Å². The topological polar surface area (TPSA) is 42.4 Å². The van der Waals surface area contributed by atoms with Crippen molar-refractivity contribution in [3.8, 4) is 0 Å². The number of aryl methyl sites for hydroxylation is 1. The lowest BCUT2D eigenvalue weighted by molar-refractivity contribution is 0.194. The summed E-state index contributed by atoms with van der Waals surface area (Å²) in [7, 11) is 2.20. The summed E-state index contributed by atoms with van der Waals surface area (Å²) < 4.78 is 5.35. The molecule has 2 fully saturated rings. The van der Waals surface area contributed by atoms with E-state index in [9.17, 15) is 0 Å². The molecule has 100 valence electrons. The number of rotatable bonds is 4. The fraction of sp³-hybridized carbons (Fsp3) is 0.733. The molecule has 4 atom stereocenters. The molecule has 0 radical (unpaired) electrons. The van der Waals surface area contributed by atoms with Gasteiger partial charge in [0.05, 0.1) is 6.26 Å². The summed E-state index contributed by atoms with van der Waals surface area (Å²) in [6.45, 7) is 4.14. The summed E-state index contributed by atoms with van der Waals surface area (Å²) in [6, 6.07) is 2.52. The van der Waals surface area contributed by atoms with Gasteiger partial charge >= 0.3 is 0 Å². The van der Waals surface area contributed by atoms with Crippen LogP contribution in [0.3, 0.4) is 0 Å². The molecule has 2 bridgehead atoms. The minimum Gasteiger partial charge on any atom is -0.469 e. The van der Waals surface area contributed by atoms with Crippen LogP contribution in [0.25, 0.3) is 0 Å². The second-order valence-electron chi connectivity index (χ2n) is 6.27. The fourth-order valence-electron chi connectivity index (χ4n) is 4.02. The smallest absolute Gasteiger partial charge is 0.105 e. The second-order valence-corrected chi connectivity index (χ2v) is 6.27. The molecule has 2 aliphatic rings. The highest BCUT2D eigenvalue weighted by atomic mass is 16.3. The van der Waals surface area contributed by atoms with Crippen molar-refractivity contribution in [3.05, 3.63) is 23.7 Å². The molecule has 18 heavy (non-hydrogen) atoms. The molecule has 2 aliphatic carbocycles. The first kappa shape index (κ1) is 12.2. The molecule has 2 N–H and O–H groups in total. The maximum absolute atomic E-state index is 6.37. The number of hydrogen-bond acceptors (Lipinski definition) is 3. The van der Waals surface area contributed by atoms with E-state index in [0.717, 1.165) is 30.7 Å². The van der Waals surface area contributed by atoms with Crippen molar-refractivity contribution < 1.29 is 4.42 Å². The van der Waals surface area contributed by atoms with Crippen molar-refractivity contribution in [3.63, 3.8) is 0 Å². The zero-order valence-corrected chi connectivity index (χ0v) is 11.4. The Labute approximate surface area is 109 Å². The monoisotopic (exact) mass is 248 g/mol. The largest absolute Gasteiger partial charge is 0.469 e. The SMILES string of the molecule is Cc1occc1CN(C)CC1C2CCC(C2)C1N. The van der Waals surface area contributed by atoms with Crippen LogP contribution in [0.15, 0.2) is 16.7 Å². The van der Waals surface area contributed by atoms with Gasteiger partial charge < -0.3 is 15.1 Å². The number of furan rings is 1. The lowest BCUT2D eigenvalue weighted by Gasteiger charge is -2.31. The summed E-state index contributed by atoms with van der Waals surface area (Å²) in [5.41, 5.74) is 7.67. The van der Waals surface area contributed by atoms with Gasteiger partial charge in [0, 0.05) is 24.7 Å². The van der Waals surface area contributed by atoms with Gasteiger partial charge in [0.2, 0.25) is 0 Å².